The molecule has 0 aromatic carbocycles. The fraction of sp³-hybridized carbons (Fsp3) is 0. The van der Waals surface area contributed by atoms with E-state index in [1.807, 2.05) is 11.6 Å². The first kappa shape index (κ1) is 4.58. The van der Waals surface area contributed by atoms with Gasteiger partial charge < -0.3 is 0 Å². The van der Waals surface area contributed by atoms with Gasteiger partial charge in [0.2, 0.25) is 0 Å². The zero-order valence-electron chi connectivity index (χ0n) is 3.01. The van der Waals surface area contributed by atoms with Crippen LogP contribution in [-0.4, -0.2) is 27.5 Å². The average Bonchev–Trinajstić information content (AvgIpc) is 1.86. The predicted molar refractivity (Wildman–Crippen MR) is 27.5 cm³/mol. The van der Waals surface area contributed by atoms with E-state index in [4.69, 9.17) is 0 Å². The zero-order valence-corrected chi connectivity index (χ0v) is 6.68. The van der Waals surface area contributed by atoms with E-state index in [2.05, 4.69) is 4.98 Å². The quantitative estimate of drug-likeness (QED) is 0.538. The van der Waals surface area contributed by atoms with E-state index in [-0.39, 0.29) is 0 Å². The molecule has 0 saturated heterocycles. The van der Waals surface area contributed by atoms with Gasteiger partial charge >= 0.3 is 53.4 Å². The van der Waals surface area contributed by atoms with Crippen molar-refractivity contribution in [3.8, 4) is 0 Å². The van der Waals surface area contributed by atoms with Crippen molar-refractivity contribution >= 4 is 36.9 Å². The summed E-state index contributed by atoms with van der Waals surface area (Å²) < 4.78 is 1.22. The van der Waals surface area contributed by atoms with Crippen molar-refractivity contribution in [1.29, 1.82) is 0 Å². The van der Waals surface area contributed by atoms with E-state index >= 15 is 0 Å². The maximum absolute atomic E-state index is 3.98. The Morgan fingerprint density at radius 3 is 2.83 bits per heavy atom. The molecule has 3 radical (unpaired) electrons. The molecular formula is C3H2NSSn. The van der Waals surface area contributed by atoms with Crippen LogP contribution in [0, 0.1) is 0 Å². The van der Waals surface area contributed by atoms with Crippen molar-refractivity contribution in [1.82, 2.24) is 4.98 Å². The Kier molecular flexibility index (Phi) is 1.47. The number of thiazole rings is 1. The molecular weight excluding hydrogens is 201 g/mol. The van der Waals surface area contributed by atoms with E-state index in [1.165, 1.54) is 25.5 Å². The summed E-state index contributed by atoms with van der Waals surface area (Å²) in [6.07, 6.45) is 1.83. The van der Waals surface area contributed by atoms with E-state index in [1.54, 1.807) is 11.3 Å². The Bertz CT molecular complexity index is 114. The van der Waals surface area contributed by atoms with Gasteiger partial charge in [-0.05, 0) is 0 Å². The van der Waals surface area contributed by atoms with Gasteiger partial charge in [-0.1, -0.05) is 0 Å². The summed E-state index contributed by atoms with van der Waals surface area (Å²) in [5, 5.41) is 1.99. The Balaban J connectivity index is 3.05. The summed E-state index contributed by atoms with van der Waals surface area (Å²) in [4.78, 5) is 3.98. The molecule has 1 rings (SSSR count). The molecule has 0 saturated carbocycles. The predicted octanol–water partition coefficient (Wildman–Crippen LogP) is -0.0631. The third kappa shape index (κ3) is 0.943. The summed E-state index contributed by atoms with van der Waals surface area (Å²) in [7, 11) is 0. The zero-order chi connectivity index (χ0) is 4.41. The van der Waals surface area contributed by atoms with Crippen LogP contribution in [-0.2, 0) is 0 Å². The Labute approximate surface area is 53.5 Å². The molecule has 0 amide bonds. The van der Waals surface area contributed by atoms with E-state index in [9.17, 15) is 0 Å². The molecule has 1 aromatic rings. The molecule has 0 N–H and O–H groups in total. The SMILES string of the molecule is [Sn][c]1nccs1. The number of hydrogen-bond donors (Lipinski definition) is 0. The topological polar surface area (TPSA) is 12.9 Å². The van der Waals surface area contributed by atoms with Gasteiger partial charge in [-0.25, -0.2) is 0 Å². The number of rotatable bonds is 0. The molecule has 3 heteroatoms. The van der Waals surface area contributed by atoms with Crippen LogP contribution in [0.5, 0.6) is 0 Å². The van der Waals surface area contributed by atoms with Crippen molar-refractivity contribution in [3.63, 3.8) is 0 Å². The Morgan fingerprint density at radius 2 is 2.67 bits per heavy atom. The molecule has 1 heterocycles. The van der Waals surface area contributed by atoms with Crippen molar-refractivity contribution in [2.24, 2.45) is 0 Å². The minimum absolute atomic E-state index is 1.22. The Hall–Kier alpha value is 0.429. The second-order valence-electron chi connectivity index (χ2n) is 0.837. The molecule has 0 fully saturated rings. The first-order valence-electron chi connectivity index (χ1n) is 1.50. The van der Waals surface area contributed by atoms with Crippen LogP contribution in [0.2, 0.25) is 0 Å². The standard InChI is InChI=1S/C3H2NS.Sn/c1-2-5-3-4-1;/h1-2H;. The van der Waals surface area contributed by atoms with Crippen LogP contribution in [0.15, 0.2) is 11.6 Å². The maximum atomic E-state index is 3.98. The molecule has 0 aliphatic rings. The van der Waals surface area contributed by atoms with Gasteiger partial charge in [0.25, 0.3) is 0 Å². The van der Waals surface area contributed by atoms with Crippen LogP contribution in [0.25, 0.3) is 0 Å². The number of hydrogen-bond acceptors (Lipinski definition) is 2. The minimum atomic E-state index is 1.22. The first-order chi connectivity index (χ1) is 2.89. The van der Waals surface area contributed by atoms with E-state index < -0.39 is 0 Å². The van der Waals surface area contributed by atoms with E-state index in [0.29, 0.717) is 0 Å². The van der Waals surface area contributed by atoms with Gasteiger partial charge in [0, 0.05) is 0 Å². The molecule has 0 aliphatic heterocycles. The summed E-state index contributed by atoms with van der Waals surface area (Å²) in [5.74, 6) is 0. The molecule has 0 bridgehead atoms. The van der Waals surface area contributed by atoms with Crippen molar-refractivity contribution in [2.45, 2.75) is 0 Å². The molecule has 0 aliphatic carbocycles. The summed E-state index contributed by atoms with van der Waals surface area (Å²) >= 11 is 3.12. The fourth-order valence-corrected chi connectivity index (χ4v) is 1.39. The van der Waals surface area contributed by atoms with Gasteiger partial charge in [-0.2, -0.15) is 0 Å². The van der Waals surface area contributed by atoms with Crippen LogP contribution in [0.4, 0.5) is 0 Å². The molecule has 1 nitrogen and oxygen atoms in total. The number of aromatic nitrogens is 1. The van der Waals surface area contributed by atoms with Crippen molar-refractivity contribution in [2.75, 3.05) is 0 Å². The van der Waals surface area contributed by atoms with Crippen molar-refractivity contribution in [3.05, 3.63) is 11.6 Å². The monoisotopic (exact) mass is 204 g/mol. The normalized spacial score (nSPS) is 8.83. The molecule has 0 atom stereocenters. The van der Waals surface area contributed by atoms with Gasteiger partial charge in [0.1, 0.15) is 0 Å². The summed E-state index contributed by atoms with van der Waals surface area (Å²) in [5.41, 5.74) is 0. The summed E-state index contributed by atoms with van der Waals surface area (Å²) in [6.45, 7) is 0. The third-order valence-corrected chi connectivity index (χ3v) is 2.40. The summed E-state index contributed by atoms with van der Waals surface area (Å²) in [6, 6.07) is 0. The third-order valence-electron chi connectivity index (χ3n) is 0.432. The molecule has 29 valence electrons. The molecule has 0 unspecified atom stereocenters. The second kappa shape index (κ2) is 1.93. The van der Waals surface area contributed by atoms with Gasteiger partial charge in [-0.15, -0.1) is 0 Å². The van der Waals surface area contributed by atoms with Gasteiger partial charge in [0.15, 0.2) is 0 Å². The van der Waals surface area contributed by atoms with Gasteiger partial charge in [0.05, 0.1) is 0 Å². The Morgan fingerprint density at radius 1 is 1.83 bits per heavy atom. The van der Waals surface area contributed by atoms with Crippen LogP contribution in [0.1, 0.15) is 0 Å². The average molecular weight is 203 g/mol. The molecule has 0 spiro atoms. The molecule has 6 heavy (non-hydrogen) atoms. The second-order valence-corrected chi connectivity index (χ2v) is 4.12. The first-order valence-corrected chi connectivity index (χ1v) is 3.81. The van der Waals surface area contributed by atoms with Crippen LogP contribution >= 0.6 is 11.3 Å². The molecule has 1 aromatic heterocycles. The van der Waals surface area contributed by atoms with Gasteiger partial charge in [-0.3, -0.25) is 0 Å². The van der Waals surface area contributed by atoms with Crippen molar-refractivity contribution < 1.29 is 0 Å². The van der Waals surface area contributed by atoms with Crippen LogP contribution < -0.4 is 3.02 Å². The van der Waals surface area contributed by atoms with Crippen LogP contribution in [0.3, 0.4) is 0 Å². The fourth-order valence-electron chi connectivity index (χ4n) is 0.223. The number of nitrogens with zero attached hydrogens (tertiary/aromatic N) is 1. The van der Waals surface area contributed by atoms with E-state index in [0.717, 1.165) is 0 Å².